The second-order valence-electron chi connectivity index (χ2n) is 6.23. The maximum Gasteiger partial charge on any atom is 0.416 e. The molecule has 4 nitrogen and oxygen atoms in total. The monoisotopic (exact) mass is 368 g/mol. The molecule has 0 bridgehead atoms. The van der Waals surface area contributed by atoms with Gasteiger partial charge in [-0.25, -0.2) is 0 Å². The largest absolute Gasteiger partial charge is 0.416 e. The van der Waals surface area contributed by atoms with Crippen LogP contribution in [-0.2, 0) is 15.8 Å². The molecule has 1 aromatic rings. The molecule has 7 heteroatoms. The van der Waals surface area contributed by atoms with Crippen LogP contribution in [0.25, 0.3) is 0 Å². The Morgan fingerprint density at radius 3 is 2.31 bits per heavy atom. The van der Waals surface area contributed by atoms with Crippen LogP contribution in [0.4, 0.5) is 18.9 Å². The topological polar surface area (TPSA) is 49.4 Å². The van der Waals surface area contributed by atoms with Crippen molar-refractivity contribution < 1.29 is 22.8 Å². The summed E-state index contributed by atoms with van der Waals surface area (Å²) in [6.07, 6.45) is 0.0799. The van der Waals surface area contributed by atoms with Crippen LogP contribution in [0.2, 0.25) is 0 Å². The maximum absolute atomic E-state index is 12.8. The Morgan fingerprint density at radius 2 is 1.73 bits per heavy atom. The van der Waals surface area contributed by atoms with Gasteiger partial charge in [0.1, 0.15) is 0 Å². The number of carbonyl (C=O) groups excluding carboxylic acids is 2. The average Bonchev–Trinajstić information content (AvgIpc) is 2.62. The van der Waals surface area contributed by atoms with E-state index in [9.17, 15) is 22.8 Å². The van der Waals surface area contributed by atoms with Crippen molar-refractivity contribution in [3.8, 4) is 0 Å². The Labute approximate surface area is 151 Å². The van der Waals surface area contributed by atoms with Gasteiger partial charge in [-0.3, -0.25) is 9.59 Å². The van der Waals surface area contributed by atoms with E-state index in [1.807, 2.05) is 26.0 Å². The second-order valence-corrected chi connectivity index (χ2v) is 6.23. The highest BCUT2D eigenvalue weighted by molar-refractivity contribution is 5.96. The first-order valence-corrected chi connectivity index (χ1v) is 8.69. The minimum atomic E-state index is -4.48. The molecule has 1 aromatic carbocycles. The van der Waals surface area contributed by atoms with Gasteiger partial charge in [0.2, 0.25) is 11.8 Å². The third-order valence-corrected chi connectivity index (χ3v) is 4.62. The Bertz CT molecular complexity index is 682. The molecule has 2 amide bonds. The zero-order valence-corrected chi connectivity index (χ0v) is 14.8. The third kappa shape index (κ3) is 4.65. The van der Waals surface area contributed by atoms with Gasteiger partial charge in [-0.1, -0.05) is 18.2 Å². The number of benzene rings is 1. The smallest absolute Gasteiger partial charge is 0.343 e. The minimum Gasteiger partial charge on any atom is -0.343 e. The average molecular weight is 368 g/mol. The predicted octanol–water partition coefficient (Wildman–Crippen LogP) is 4.09. The molecule has 1 N–H and O–H groups in total. The summed E-state index contributed by atoms with van der Waals surface area (Å²) in [5.41, 5.74) is -0.747. The van der Waals surface area contributed by atoms with Crippen LogP contribution in [0, 0.1) is 11.8 Å². The van der Waals surface area contributed by atoms with Gasteiger partial charge >= 0.3 is 6.18 Å². The van der Waals surface area contributed by atoms with Crippen molar-refractivity contribution in [1.29, 1.82) is 0 Å². The summed E-state index contributed by atoms with van der Waals surface area (Å²) in [5.74, 6) is -1.61. The fourth-order valence-electron chi connectivity index (χ4n) is 3.15. The van der Waals surface area contributed by atoms with Gasteiger partial charge < -0.3 is 10.2 Å². The number of halogens is 3. The van der Waals surface area contributed by atoms with Gasteiger partial charge in [-0.2, -0.15) is 13.2 Å². The van der Waals surface area contributed by atoms with E-state index >= 15 is 0 Å². The molecule has 0 radical (unpaired) electrons. The Balaban J connectivity index is 2.16. The summed E-state index contributed by atoms with van der Waals surface area (Å²) < 4.78 is 38.5. The van der Waals surface area contributed by atoms with Gasteiger partial charge in [0.05, 0.1) is 17.4 Å². The van der Waals surface area contributed by atoms with Crippen molar-refractivity contribution in [2.24, 2.45) is 11.8 Å². The quantitative estimate of drug-likeness (QED) is 0.796. The summed E-state index contributed by atoms with van der Waals surface area (Å²) in [6, 6.07) is 4.51. The van der Waals surface area contributed by atoms with Crippen LogP contribution in [-0.4, -0.2) is 29.8 Å². The number of carbonyl (C=O) groups is 2. The molecular weight excluding hydrogens is 345 g/mol. The molecule has 0 aromatic heterocycles. The van der Waals surface area contributed by atoms with E-state index in [0.717, 1.165) is 12.1 Å². The molecule has 142 valence electrons. The fraction of sp³-hybridized carbons (Fsp3) is 0.474. The van der Waals surface area contributed by atoms with Crippen LogP contribution in [0.5, 0.6) is 0 Å². The predicted molar refractivity (Wildman–Crippen MR) is 93.4 cm³/mol. The first-order chi connectivity index (χ1) is 12.3. The highest BCUT2D eigenvalue weighted by Gasteiger charge is 2.36. The van der Waals surface area contributed by atoms with Crippen LogP contribution in [0.15, 0.2) is 36.4 Å². The number of nitrogens with one attached hydrogen (secondary N) is 1. The number of hydrogen-bond acceptors (Lipinski definition) is 2. The first-order valence-electron chi connectivity index (χ1n) is 8.69. The lowest BCUT2D eigenvalue weighted by atomic mass is 9.81. The number of allylic oxidation sites excluding steroid dienone is 2. The molecule has 0 heterocycles. The third-order valence-electron chi connectivity index (χ3n) is 4.62. The van der Waals surface area contributed by atoms with Crippen LogP contribution in [0.3, 0.4) is 0 Å². The standard InChI is InChI=1S/C19H23F3N2O2/c1-3-24(4-2)18(26)16-11-6-5-10-15(16)17(25)23-14-9-7-8-13(12-14)19(20,21)22/h5-9,12,15-16H,3-4,10-11H2,1-2H3,(H,23,25). The number of anilines is 1. The first kappa shape index (κ1) is 20.0. The number of nitrogens with zero attached hydrogens (tertiary/aromatic N) is 1. The van der Waals surface area contributed by atoms with E-state index in [0.29, 0.717) is 25.9 Å². The van der Waals surface area contributed by atoms with Gasteiger partial charge in [0.15, 0.2) is 0 Å². The Hall–Kier alpha value is -2.31. The Morgan fingerprint density at radius 1 is 1.12 bits per heavy atom. The molecule has 2 unspecified atom stereocenters. The van der Waals surface area contributed by atoms with Crippen molar-refractivity contribution in [1.82, 2.24) is 4.90 Å². The lowest BCUT2D eigenvalue weighted by Gasteiger charge is -2.31. The lowest BCUT2D eigenvalue weighted by molar-refractivity contribution is -0.140. The van der Waals surface area contributed by atoms with E-state index in [-0.39, 0.29) is 11.6 Å². The van der Waals surface area contributed by atoms with E-state index < -0.39 is 29.5 Å². The normalized spacial score (nSPS) is 19.9. The van der Waals surface area contributed by atoms with Gasteiger partial charge in [0, 0.05) is 18.8 Å². The van der Waals surface area contributed by atoms with Crippen LogP contribution < -0.4 is 5.32 Å². The number of amides is 2. The maximum atomic E-state index is 12.8. The molecule has 0 saturated carbocycles. The molecular formula is C19H23F3N2O2. The number of hydrogen-bond donors (Lipinski definition) is 1. The van der Waals surface area contributed by atoms with E-state index in [4.69, 9.17) is 0 Å². The minimum absolute atomic E-state index is 0.0772. The van der Waals surface area contributed by atoms with Crippen molar-refractivity contribution in [2.75, 3.05) is 18.4 Å². The van der Waals surface area contributed by atoms with E-state index in [2.05, 4.69) is 5.32 Å². The summed E-state index contributed by atoms with van der Waals surface area (Å²) in [7, 11) is 0. The van der Waals surface area contributed by atoms with Crippen molar-refractivity contribution in [3.05, 3.63) is 42.0 Å². The molecule has 1 aliphatic carbocycles. The van der Waals surface area contributed by atoms with Gasteiger partial charge in [-0.05, 0) is 44.9 Å². The summed E-state index contributed by atoms with van der Waals surface area (Å²) >= 11 is 0. The highest BCUT2D eigenvalue weighted by atomic mass is 19.4. The summed E-state index contributed by atoms with van der Waals surface area (Å²) in [6.45, 7) is 4.85. The molecule has 0 fully saturated rings. The lowest BCUT2D eigenvalue weighted by Crippen LogP contribution is -2.43. The van der Waals surface area contributed by atoms with Gasteiger partial charge in [0.25, 0.3) is 0 Å². The molecule has 2 rings (SSSR count). The molecule has 1 aliphatic rings. The Kier molecular flexibility index (Phi) is 6.45. The molecule has 0 aliphatic heterocycles. The molecule has 0 spiro atoms. The summed E-state index contributed by atoms with van der Waals surface area (Å²) in [4.78, 5) is 27.0. The molecule has 2 atom stereocenters. The fourth-order valence-corrected chi connectivity index (χ4v) is 3.15. The SMILES string of the molecule is CCN(CC)C(=O)C1CC=CCC1C(=O)Nc1cccc(C(F)(F)F)c1. The van der Waals surface area contributed by atoms with Crippen LogP contribution >= 0.6 is 0 Å². The second kappa shape index (κ2) is 8.38. The molecule has 0 saturated heterocycles. The zero-order chi connectivity index (χ0) is 19.3. The van der Waals surface area contributed by atoms with Crippen molar-refractivity contribution in [2.45, 2.75) is 32.9 Å². The van der Waals surface area contributed by atoms with Crippen LogP contribution in [0.1, 0.15) is 32.3 Å². The summed E-state index contributed by atoms with van der Waals surface area (Å²) in [5, 5.41) is 2.54. The highest BCUT2D eigenvalue weighted by Crippen LogP contribution is 2.32. The van der Waals surface area contributed by atoms with E-state index in [1.165, 1.54) is 12.1 Å². The molecule has 26 heavy (non-hydrogen) atoms. The van der Waals surface area contributed by atoms with Gasteiger partial charge in [-0.15, -0.1) is 0 Å². The number of alkyl halides is 3. The van der Waals surface area contributed by atoms with E-state index in [1.54, 1.807) is 4.90 Å². The van der Waals surface area contributed by atoms with Crippen molar-refractivity contribution >= 4 is 17.5 Å². The zero-order valence-electron chi connectivity index (χ0n) is 14.8. The number of rotatable bonds is 5. The van der Waals surface area contributed by atoms with Crippen molar-refractivity contribution in [3.63, 3.8) is 0 Å².